The van der Waals surface area contributed by atoms with Gasteiger partial charge in [-0.25, -0.2) is 0 Å². The molecule has 0 radical (unpaired) electrons. The minimum absolute atomic E-state index is 0.786. The topological polar surface area (TPSA) is 29.3 Å². The Balaban J connectivity index is 2.43. The number of hydrogen-bond acceptors (Lipinski definition) is 3. The van der Waals surface area contributed by atoms with Crippen molar-refractivity contribution in [2.45, 2.75) is 13.8 Å². The van der Waals surface area contributed by atoms with Crippen molar-refractivity contribution in [1.82, 2.24) is 0 Å². The Bertz CT molecular complexity index is 548. The Morgan fingerprint density at radius 1 is 1.18 bits per heavy atom. The minimum Gasteiger partial charge on any atom is -0.397 e. The number of nitrogen functional groups attached to an aromatic ring is 1. The minimum atomic E-state index is 0.786. The van der Waals surface area contributed by atoms with E-state index in [0.717, 1.165) is 20.7 Å². The van der Waals surface area contributed by atoms with Gasteiger partial charge in [0.2, 0.25) is 0 Å². The fraction of sp³-hybridized carbons (Fsp3) is 0.231. The van der Waals surface area contributed by atoms with Gasteiger partial charge in [-0.05, 0) is 49.2 Å². The zero-order valence-corrected chi connectivity index (χ0v) is 11.7. The van der Waals surface area contributed by atoms with Gasteiger partial charge < -0.3 is 10.6 Å². The van der Waals surface area contributed by atoms with Crippen LogP contribution in [0.3, 0.4) is 0 Å². The van der Waals surface area contributed by atoms with Gasteiger partial charge >= 0.3 is 0 Å². The molecule has 17 heavy (non-hydrogen) atoms. The van der Waals surface area contributed by atoms with Gasteiger partial charge in [0.1, 0.15) is 0 Å². The maximum Gasteiger partial charge on any atom is 0.0966 e. The monoisotopic (exact) mass is 266 g/mol. The van der Waals surface area contributed by atoms with Gasteiger partial charge in [0.25, 0.3) is 0 Å². The average molecular weight is 267 g/mol. The molecular weight excluding hydrogens is 252 g/mol. The fourth-order valence-corrected chi connectivity index (χ4v) is 2.72. The Kier molecular flexibility index (Phi) is 3.31. The second kappa shape index (κ2) is 4.59. The van der Waals surface area contributed by atoms with Crippen LogP contribution in [0.2, 0.25) is 4.34 Å². The predicted octanol–water partition coefficient (Wildman–Crippen LogP) is 4.37. The van der Waals surface area contributed by atoms with Crippen LogP contribution in [0.1, 0.15) is 11.1 Å². The lowest BCUT2D eigenvalue weighted by atomic mass is 10.1. The Labute approximate surface area is 111 Å². The second-order valence-electron chi connectivity index (χ2n) is 4.13. The largest absolute Gasteiger partial charge is 0.397 e. The molecule has 1 heterocycles. The summed E-state index contributed by atoms with van der Waals surface area (Å²) in [6, 6.07) is 8.02. The number of nitrogens with two attached hydrogens (primary N) is 1. The molecule has 2 N–H and O–H groups in total. The molecule has 0 fully saturated rings. The standard InChI is InChI=1S/C13H15ClN2S/c1-8-6-10(15)11(7-9(8)2)16(3)13-5-4-12(14)17-13/h4-7H,15H2,1-3H3. The molecule has 1 aromatic carbocycles. The van der Waals surface area contributed by atoms with Gasteiger partial charge in [0, 0.05) is 7.05 Å². The van der Waals surface area contributed by atoms with Crippen LogP contribution in [0, 0.1) is 13.8 Å². The molecule has 0 aliphatic rings. The van der Waals surface area contributed by atoms with Gasteiger partial charge in [-0.15, -0.1) is 11.3 Å². The number of rotatable bonds is 2. The van der Waals surface area contributed by atoms with Gasteiger partial charge in [0.15, 0.2) is 0 Å². The number of thiophene rings is 1. The quantitative estimate of drug-likeness (QED) is 0.818. The summed E-state index contributed by atoms with van der Waals surface area (Å²) in [5, 5.41) is 1.09. The van der Waals surface area contributed by atoms with E-state index in [1.807, 2.05) is 25.2 Å². The molecule has 0 bridgehead atoms. The van der Waals surface area contributed by atoms with Crippen LogP contribution in [0.25, 0.3) is 0 Å². The molecule has 0 aliphatic heterocycles. The van der Waals surface area contributed by atoms with Gasteiger partial charge in [-0.1, -0.05) is 11.6 Å². The number of nitrogens with zero attached hydrogens (tertiary/aromatic N) is 1. The van der Waals surface area contributed by atoms with E-state index in [1.165, 1.54) is 11.1 Å². The van der Waals surface area contributed by atoms with Crippen molar-refractivity contribution in [3.63, 3.8) is 0 Å². The Morgan fingerprint density at radius 3 is 2.41 bits per heavy atom. The summed E-state index contributed by atoms with van der Waals surface area (Å²) in [7, 11) is 2.00. The fourth-order valence-electron chi connectivity index (χ4n) is 1.72. The Hall–Kier alpha value is -1.19. The third-order valence-corrected chi connectivity index (χ3v) is 4.20. The van der Waals surface area contributed by atoms with E-state index in [4.69, 9.17) is 17.3 Å². The first kappa shape index (κ1) is 12.3. The number of aryl methyl sites for hydroxylation is 2. The first-order chi connectivity index (χ1) is 7.99. The van der Waals surface area contributed by atoms with E-state index in [-0.39, 0.29) is 0 Å². The van der Waals surface area contributed by atoms with Crippen molar-refractivity contribution in [3.05, 3.63) is 39.7 Å². The summed E-state index contributed by atoms with van der Waals surface area (Å²) in [4.78, 5) is 2.07. The van der Waals surface area contributed by atoms with Gasteiger partial charge in [0.05, 0.1) is 20.7 Å². The highest BCUT2D eigenvalue weighted by Gasteiger charge is 2.11. The Morgan fingerprint density at radius 2 is 1.82 bits per heavy atom. The zero-order valence-electron chi connectivity index (χ0n) is 10.1. The SMILES string of the molecule is Cc1cc(N)c(N(C)c2ccc(Cl)s2)cc1C. The molecule has 0 atom stereocenters. The molecule has 2 rings (SSSR count). The normalized spacial score (nSPS) is 10.6. The number of anilines is 3. The molecule has 4 heteroatoms. The van der Waals surface area contributed by atoms with Crippen molar-refractivity contribution >= 4 is 39.3 Å². The zero-order chi connectivity index (χ0) is 12.6. The summed E-state index contributed by atoms with van der Waals surface area (Å²) in [5.74, 6) is 0. The summed E-state index contributed by atoms with van der Waals surface area (Å²) < 4.78 is 0.786. The van der Waals surface area contributed by atoms with Crippen molar-refractivity contribution in [1.29, 1.82) is 0 Å². The molecule has 0 aliphatic carbocycles. The molecule has 90 valence electrons. The van der Waals surface area contributed by atoms with Crippen molar-refractivity contribution < 1.29 is 0 Å². The molecule has 0 saturated carbocycles. The van der Waals surface area contributed by atoms with Crippen LogP contribution in [0.15, 0.2) is 24.3 Å². The molecule has 1 aromatic heterocycles. The van der Waals surface area contributed by atoms with Crippen LogP contribution in [0.4, 0.5) is 16.4 Å². The molecular formula is C13H15ClN2S. The van der Waals surface area contributed by atoms with Crippen LogP contribution in [-0.2, 0) is 0 Å². The lowest BCUT2D eigenvalue weighted by molar-refractivity contribution is 1.22. The van der Waals surface area contributed by atoms with Crippen LogP contribution >= 0.6 is 22.9 Å². The van der Waals surface area contributed by atoms with Crippen LogP contribution in [-0.4, -0.2) is 7.05 Å². The van der Waals surface area contributed by atoms with E-state index in [1.54, 1.807) is 11.3 Å². The molecule has 0 unspecified atom stereocenters. The first-order valence-corrected chi connectivity index (χ1v) is 6.54. The predicted molar refractivity (Wildman–Crippen MR) is 77.7 cm³/mol. The molecule has 0 saturated heterocycles. The maximum absolute atomic E-state index is 6.07. The lowest BCUT2D eigenvalue weighted by Gasteiger charge is -2.20. The van der Waals surface area contributed by atoms with Crippen LogP contribution < -0.4 is 10.6 Å². The highest BCUT2D eigenvalue weighted by molar-refractivity contribution is 7.20. The third kappa shape index (κ3) is 2.40. The van der Waals surface area contributed by atoms with Crippen molar-refractivity contribution in [3.8, 4) is 0 Å². The number of benzene rings is 1. The van der Waals surface area contributed by atoms with E-state index in [9.17, 15) is 0 Å². The van der Waals surface area contributed by atoms with E-state index >= 15 is 0 Å². The maximum atomic E-state index is 6.07. The van der Waals surface area contributed by atoms with E-state index in [0.29, 0.717) is 0 Å². The molecule has 0 spiro atoms. The molecule has 0 amide bonds. The van der Waals surface area contributed by atoms with Crippen molar-refractivity contribution in [2.24, 2.45) is 0 Å². The van der Waals surface area contributed by atoms with Crippen LogP contribution in [0.5, 0.6) is 0 Å². The summed E-state index contributed by atoms with van der Waals surface area (Å²) in [6.45, 7) is 4.16. The summed E-state index contributed by atoms with van der Waals surface area (Å²) in [5.41, 5.74) is 10.3. The first-order valence-electron chi connectivity index (χ1n) is 5.35. The molecule has 2 nitrogen and oxygen atoms in total. The van der Waals surface area contributed by atoms with Gasteiger partial charge in [-0.2, -0.15) is 0 Å². The lowest BCUT2D eigenvalue weighted by Crippen LogP contribution is -2.10. The van der Waals surface area contributed by atoms with Crippen molar-refractivity contribution in [2.75, 3.05) is 17.7 Å². The third-order valence-electron chi connectivity index (χ3n) is 2.89. The van der Waals surface area contributed by atoms with E-state index < -0.39 is 0 Å². The summed E-state index contributed by atoms with van der Waals surface area (Å²) >= 11 is 7.49. The smallest absolute Gasteiger partial charge is 0.0966 e. The average Bonchev–Trinajstić information content (AvgIpc) is 2.69. The van der Waals surface area contributed by atoms with E-state index in [2.05, 4.69) is 24.8 Å². The van der Waals surface area contributed by atoms with Gasteiger partial charge in [-0.3, -0.25) is 0 Å². The highest BCUT2D eigenvalue weighted by Crippen LogP contribution is 2.36. The second-order valence-corrected chi connectivity index (χ2v) is 5.83. The molecule has 2 aromatic rings. The summed E-state index contributed by atoms with van der Waals surface area (Å²) in [6.07, 6.45) is 0. The number of halogens is 1. The number of hydrogen-bond donors (Lipinski definition) is 1. The highest BCUT2D eigenvalue weighted by atomic mass is 35.5.